The van der Waals surface area contributed by atoms with E-state index >= 15 is 0 Å². The Hall–Kier alpha value is -2.75. The number of carbonyl (C=O) groups excluding carboxylic acids is 1. The molecule has 22 heavy (non-hydrogen) atoms. The number of nitro groups is 1. The van der Waals surface area contributed by atoms with Gasteiger partial charge >= 0.3 is 11.7 Å². The fourth-order valence-electron chi connectivity index (χ4n) is 1.38. The fraction of sp³-hybridized carbons (Fsp3) is 0.273. The first-order valence-electron chi connectivity index (χ1n) is 6.09. The second-order valence-corrected chi connectivity index (χ2v) is 3.72. The van der Waals surface area contributed by atoms with Crippen molar-refractivity contribution in [2.24, 2.45) is 0 Å². The van der Waals surface area contributed by atoms with Gasteiger partial charge in [-0.05, 0) is 11.6 Å². The first-order valence-corrected chi connectivity index (χ1v) is 6.47. The summed E-state index contributed by atoms with van der Waals surface area (Å²) in [5.41, 5.74) is -1.18. The van der Waals surface area contributed by atoms with E-state index in [4.69, 9.17) is 11.6 Å². The summed E-state index contributed by atoms with van der Waals surface area (Å²) >= 11 is 5.65. The normalized spacial score (nSPS) is 9.45. The Labute approximate surface area is 130 Å². The molecule has 0 aromatic carbocycles. The van der Waals surface area contributed by atoms with E-state index < -0.39 is 22.3 Å². The van der Waals surface area contributed by atoms with Crippen LogP contribution in [0.3, 0.4) is 0 Å². The summed E-state index contributed by atoms with van der Waals surface area (Å²) in [5.74, 6) is -0.910. The minimum atomic E-state index is -0.992. The molecule has 0 aliphatic rings. The van der Waals surface area contributed by atoms with Crippen molar-refractivity contribution in [3.8, 4) is 0 Å². The van der Waals surface area contributed by atoms with Crippen molar-refractivity contribution in [2.75, 3.05) is 12.4 Å². The van der Waals surface area contributed by atoms with Crippen LogP contribution in [0.25, 0.3) is 0 Å². The molecule has 0 spiro atoms. The van der Waals surface area contributed by atoms with Gasteiger partial charge < -0.3 is 10.1 Å². The minimum Gasteiger partial charge on any atom is -0.464 e. The highest BCUT2D eigenvalue weighted by atomic mass is 35.5. The number of methoxy groups -OCH3 is 1. The zero-order valence-corrected chi connectivity index (χ0v) is 12.7. The summed E-state index contributed by atoms with van der Waals surface area (Å²) in [6.07, 6.45) is 1.43. The quantitative estimate of drug-likeness (QED) is 0.377. The molecule has 0 aliphatic carbocycles. The number of hydrogen-bond acceptors (Lipinski definition) is 8. The van der Waals surface area contributed by atoms with Gasteiger partial charge in [-0.15, -0.1) is 0 Å². The van der Waals surface area contributed by atoms with E-state index in [1.54, 1.807) is 0 Å². The maximum atomic E-state index is 11.5. The smallest absolute Gasteiger partial charge is 0.364 e. The van der Waals surface area contributed by atoms with Crippen LogP contribution in [0.15, 0.2) is 12.3 Å². The second kappa shape index (κ2) is 7.88. The number of rotatable bonds is 4. The third-order valence-corrected chi connectivity index (χ3v) is 2.34. The molecule has 0 radical (unpaired) electrons. The van der Waals surface area contributed by atoms with Gasteiger partial charge in [0.05, 0.1) is 18.2 Å². The molecule has 0 bridgehead atoms. The molecule has 11 heteroatoms. The van der Waals surface area contributed by atoms with Crippen LogP contribution in [-0.4, -0.2) is 38.2 Å². The Kier molecular flexibility index (Phi) is 6.20. The van der Waals surface area contributed by atoms with E-state index in [0.717, 1.165) is 7.11 Å². The number of aromatic amines is 1. The average Bonchev–Trinajstić information content (AvgIpc) is 3.00. The van der Waals surface area contributed by atoms with Crippen molar-refractivity contribution < 1.29 is 14.5 Å². The minimum absolute atomic E-state index is 0.250. The molecule has 2 rings (SSSR count). The highest BCUT2D eigenvalue weighted by Gasteiger charge is 2.30. The molecule has 2 aromatic heterocycles. The van der Waals surface area contributed by atoms with Gasteiger partial charge in [-0.1, -0.05) is 13.8 Å². The maximum absolute atomic E-state index is 11.5. The maximum Gasteiger partial charge on any atom is 0.364 e. The van der Waals surface area contributed by atoms with Crippen molar-refractivity contribution in [2.45, 2.75) is 13.8 Å². The number of ether oxygens (including phenoxy) is 1. The Balaban J connectivity index is 0.00000116. The lowest BCUT2D eigenvalue weighted by Gasteiger charge is -2.06. The van der Waals surface area contributed by atoms with Crippen LogP contribution in [0.2, 0.25) is 5.28 Å². The van der Waals surface area contributed by atoms with Crippen LogP contribution in [-0.2, 0) is 4.74 Å². The zero-order chi connectivity index (χ0) is 16.7. The van der Waals surface area contributed by atoms with Crippen LogP contribution >= 0.6 is 11.6 Å². The molecule has 0 saturated heterocycles. The summed E-state index contributed by atoms with van der Waals surface area (Å²) in [5, 5.41) is 19.6. The molecule has 2 aromatic rings. The number of anilines is 2. The molecular weight excluding hydrogens is 316 g/mol. The second-order valence-electron chi connectivity index (χ2n) is 3.38. The Morgan fingerprint density at radius 2 is 2.14 bits per heavy atom. The van der Waals surface area contributed by atoms with Crippen LogP contribution in [0, 0.1) is 10.1 Å². The van der Waals surface area contributed by atoms with Crippen LogP contribution in [0.1, 0.15) is 24.3 Å². The molecular formula is C11H13ClN6O4. The lowest BCUT2D eigenvalue weighted by atomic mass is 10.3. The fourth-order valence-corrected chi connectivity index (χ4v) is 1.55. The highest BCUT2D eigenvalue weighted by Crippen LogP contribution is 2.29. The van der Waals surface area contributed by atoms with Crippen LogP contribution in [0.5, 0.6) is 0 Å². The number of nitrogens with one attached hydrogen (secondary N) is 2. The van der Waals surface area contributed by atoms with E-state index in [-0.39, 0.29) is 11.1 Å². The van der Waals surface area contributed by atoms with Crippen molar-refractivity contribution in [3.05, 3.63) is 33.4 Å². The van der Waals surface area contributed by atoms with Gasteiger partial charge in [0.15, 0.2) is 0 Å². The van der Waals surface area contributed by atoms with E-state index in [0.29, 0.717) is 5.82 Å². The molecule has 0 fully saturated rings. The SMILES string of the molecule is CC.COC(=O)c1nc(Cl)nc(Nc2ccn[nH]2)c1[N+](=O)[O-]. The largest absolute Gasteiger partial charge is 0.464 e. The van der Waals surface area contributed by atoms with Crippen LogP contribution < -0.4 is 5.32 Å². The lowest BCUT2D eigenvalue weighted by molar-refractivity contribution is -0.384. The van der Waals surface area contributed by atoms with Gasteiger partial charge in [0.2, 0.25) is 16.8 Å². The number of nitrogens with zero attached hydrogens (tertiary/aromatic N) is 4. The number of halogens is 1. The molecule has 2 heterocycles. The van der Waals surface area contributed by atoms with Gasteiger partial charge in [-0.25, -0.2) is 9.78 Å². The lowest BCUT2D eigenvalue weighted by Crippen LogP contribution is -2.12. The summed E-state index contributed by atoms with van der Waals surface area (Å²) in [6, 6.07) is 1.51. The zero-order valence-electron chi connectivity index (χ0n) is 12.0. The molecule has 10 nitrogen and oxygen atoms in total. The van der Waals surface area contributed by atoms with Gasteiger partial charge in [0.1, 0.15) is 5.82 Å². The number of H-pyrrole nitrogens is 1. The van der Waals surface area contributed by atoms with Crippen molar-refractivity contribution in [1.29, 1.82) is 0 Å². The predicted octanol–water partition coefficient (Wildman–Crippen LogP) is 2.32. The number of carbonyl (C=O) groups is 1. The number of hydrogen-bond donors (Lipinski definition) is 2. The van der Waals surface area contributed by atoms with Gasteiger partial charge in [0, 0.05) is 6.07 Å². The first-order chi connectivity index (χ1) is 10.5. The summed E-state index contributed by atoms with van der Waals surface area (Å²) in [7, 11) is 1.07. The topological polar surface area (TPSA) is 136 Å². The number of esters is 1. The predicted molar refractivity (Wildman–Crippen MR) is 78.3 cm³/mol. The van der Waals surface area contributed by atoms with Crippen LogP contribution in [0.4, 0.5) is 17.3 Å². The average molecular weight is 329 g/mol. The third kappa shape index (κ3) is 3.88. The van der Waals surface area contributed by atoms with E-state index in [2.05, 4.69) is 30.2 Å². The molecule has 2 N–H and O–H groups in total. The van der Waals surface area contributed by atoms with E-state index in [1.807, 2.05) is 13.8 Å². The molecule has 0 atom stereocenters. The van der Waals surface area contributed by atoms with Gasteiger partial charge in [-0.2, -0.15) is 10.1 Å². The van der Waals surface area contributed by atoms with Gasteiger partial charge in [-0.3, -0.25) is 15.2 Å². The molecule has 0 unspecified atom stereocenters. The highest BCUT2D eigenvalue weighted by molar-refractivity contribution is 6.28. The third-order valence-electron chi connectivity index (χ3n) is 2.17. The Bertz CT molecular complexity index is 661. The molecule has 0 amide bonds. The van der Waals surface area contributed by atoms with Gasteiger partial charge in [0.25, 0.3) is 0 Å². The number of aromatic nitrogens is 4. The first kappa shape index (κ1) is 17.3. The van der Waals surface area contributed by atoms with Crippen molar-refractivity contribution >= 4 is 34.9 Å². The molecule has 0 aliphatic heterocycles. The standard InChI is InChI=1S/C9H7ClN6O4.C2H6/c1-20-8(17)5-6(16(18)19)7(14-9(10)13-5)12-4-2-3-11-15-4;1-2/h2-3H,1H3,(H2,11,12,13,14,15);1-2H3. The summed E-state index contributed by atoms with van der Waals surface area (Å²) < 4.78 is 4.43. The molecule has 118 valence electrons. The van der Waals surface area contributed by atoms with Crippen molar-refractivity contribution in [1.82, 2.24) is 20.2 Å². The Morgan fingerprint density at radius 3 is 2.64 bits per heavy atom. The van der Waals surface area contributed by atoms with E-state index in [9.17, 15) is 14.9 Å². The molecule has 0 saturated carbocycles. The monoisotopic (exact) mass is 328 g/mol. The summed E-state index contributed by atoms with van der Waals surface area (Å²) in [6.45, 7) is 4.00. The summed E-state index contributed by atoms with van der Waals surface area (Å²) in [4.78, 5) is 29.0. The van der Waals surface area contributed by atoms with E-state index in [1.165, 1.54) is 12.3 Å². The Morgan fingerprint density at radius 1 is 1.45 bits per heavy atom. The van der Waals surface area contributed by atoms with Crippen molar-refractivity contribution in [3.63, 3.8) is 0 Å².